The first kappa shape index (κ1) is 15.2. The Bertz CT molecular complexity index is 531. The molecule has 1 aliphatic heterocycles. The average Bonchev–Trinajstić information content (AvgIpc) is 2.47. The van der Waals surface area contributed by atoms with Crippen molar-refractivity contribution in [3.05, 3.63) is 24.3 Å². The van der Waals surface area contributed by atoms with Crippen molar-refractivity contribution in [3.63, 3.8) is 0 Å². The van der Waals surface area contributed by atoms with E-state index in [1.54, 1.807) is 4.90 Å². The first-order valence-electron chi connectivity index (χ1n) is 7.03. The second-order valence-electron chi connectivity index (χ2n) is 5.50. The molecule has 0 bridgehead atoms. The standard InChI is InChI=1S/C15H21N3O3/c1-17(2)13-7-3-6-12(9-13)16-15(21)18-8-4-5-11(10-18)14(19)20/h3,6-7,9,11H,4-5,8,10H2,1-2H3,(H,16,21)(H,19,20)/t11-/m1/s1. The van der Waals surface area contributed by atoms with Gasteiger partial charge in [0.15, 0.2) is 0 Å². The van der Waals surface area contributed by atoms with E-state index in [0.717, 1.165) is 12.1 Å². The van der Waals surface area contributed by atoms with Gasteiger partial charge in [-0.1, -0.05) is 6.07 Å². The quantitative estimate of drug-likeness (QED) is 0.894. The highest BCUT2D eigenvalue weighted by atomic mass is 16.4. The number of carboxylic acid groups (broad SMARTS) is 1. The molecule has 0 spiro atoms. The Morgan fingerprint density at radius 1 is 1.38 bits per heavy atom. The lowest BCUT2D eigenvalue weighted by molar-refractivity contribution is -0.143. The fourth-order valence-corrected chi connectivity index (χ4v) is 2.43. The van der Waals surface area contributed by atoms with Crippen LogP contribution in [-0.4, -0.2) is 49.2 Å². The van der Waals surface area contributed by atoms with Gasteiger partial charge in [-0.2, -0.15) is 0 Å². The number of nitrogens with one attached hydrogen (secondary N) is 1. The van der Waals surface area contributed by atoms with Crippen molar-refractivity contribution in [2.45, 2.75) is 12.8 Å². The molecule has 1 heterocycles. The number of nitrogens with zero attached hydrogens (tertiary/aromatic N) is 2. The zero-order valence-corrected chi connectivity index (χ0v) is 12.4. The fourth-order valence-electron chi connectivity index (χ4n) is 2.43. The summed E-state index contributed by atoms with van der Waals surface area (Å²) in [6.07, 6.45) is 1.36. The predicted octanol–water partition coefficient (Wildman–Crippen LogP) is 2.08. The third kappa shape index (κ3) is 3.87. The monoisotopic (exact) mass is 291 g/mol. The van der Waals surface area contributed by atoms with Crippen molar-refractivity contribution < 1.29 is 14.7 Å². The Balaban J connectivity index is 2.01. The summed E-state index contributed by atoms with van der Waals surface area (Å²) in [6, 6.07) is 7.30. The SMILES string of the molecule is CN(C)c1cccc(NC(=O)N2CCC[C@@H](C(=O)O)C2)c1. The number of piperidine rings is 1. The van der Waals surface area contributed by atoms with Gasteiger partial charge in [0.1, 0.15) is 0 Å². The molecule has 0 aromatic heterocycles. The van der Waals surface area contributed by atoms with E-state index in [1.807, 2.05) is 43.3 Å². The molecule has 6 heteroatoms. The summed E-state index contributed by atoms with van der Waals surface area (Å²) >= 11 is 0. The smallest absolute Gasteiger partial charge is 0.321 e. The summed E-state index contributed by atoms with van der Waals surface area (Å²) in [5.74, 6) is -1.29. The van der Waals surface area contributed by atoms with Crippen LogP contribution in [0.1, 0.15) is 12.8 Å². The number of aliphatic carboxylic acids is 1. The van der Waals surface area contributed by atoms with Crippen LogP contribution in [0.25, 0.3) is 0 Å². The number of anilines is 2. The van der Waals surface area contributed by atoms with Crippen LogP contribution in [0, 0.1) is 5.92 Å². The van der Waals surface area contributed by atoms with Gasteiger partial charge in [0.25, 0.3) is 0 Å². The van der Waals surface area contributed by atoms with Crippen LogP contribution in [0.4, 0.5) is 16.2 Å². The van der Waals surface area contributed by atoms with Crippen molar-refractivity contribution in [3.8, 4) is 0 Å². The molecule has 2 amide bonds. The Morgan fingerprint density at radius 3 is 2.81 bits per heavy atom. The van der Waals surface area contributed by atoms with E-state index in [9.17, 15) is 9.59 Å². The molecule has 21 heavy (non-hydrogen) atoms. The van der Waals surface area contributed by atoms with E-state index in [-0.39, 0.29) is 12.6 Å². The lowest BCUT2D eigenvalue weighted by Crippen LogP contribution is -2.44. The van der Waals surface area contributed by atoms with Gasteiger partial charge in [0, 0.05) is 38.6 Å². The van der Waals surface area contributed by atoms with Gasteiger partial charge < -0.3 is 20.2 Å². The molecule has 6 nitrogen and oxygen atoms in total. The summed E-state index contributed by atoms with van der Waals surface area (Å²) < 4.78 is 0. The minimum atomic E-state index is -0.831. The number of carbonyl (C=O) groups excluding carboxylic acids is 1. The molecule has 1 aliphatic rings. The zero-order valence-electron chi connectivity index (χ0n) is 12.4. The number of rotatable bonds is 3. The van der Waals surface area contributed by atoms with E-state index in [2.05, 4.69) is 5.32 Å². The zero-order chi connectivity index (χ0) is 15.4. The molecule has 0 unspecified atom stereocenters. The number of carbonyl (C=O) groups is 2. The van der Waals surface area contributed by atoms with Crippen LogP contribution in [0.2, 0.25) is 0 Å². The Labute approximate surface area is 124 Å². The normalized spacial score (nSPS) is 18.2. The van der Waals surface area contributed by atoms with Gasteiger partial charge in [0.2, 0.25) is 0 Å². The molecule has 114 valence electrons. The maximum absolute atomic E-state index is 12.2. The molecule has 1 aromatic rings. The van der Waals surface area contributed by atoms with Crippen LogP contribution in [0.3, 0.4) is 0 Å². The predicted molar refractivity (Wildman–Crippen MR) is 81.7 cm³/mol. The van der Waals surface area contributed by atoms with Crippen LogP contribution in [0.5, 0.6) is 0 Å². The topological polar surface area (TPSA) is 72.9 Å². The summed E-state index contributed by atoms with van der Waals surface area (Å²) in [4.78, 5) is 26.8. The lowest BCUT2D eigenvalue weighted by atomic mass is 9.99. The maximum atomic E-state index is 12.2. The van der Waals surface area contributed by atoms with Crippen LogP contribution < -0.4 is 10.2 Å². The van der Waals surface area contributed by atoms with E-state index in [0.29, 0.717) is 18.7 Å². The minimum Gasteiger partial charge on any atom is -0.481 e. The molecule has 1 fully saturated rings. The van der Waals surface area contributed by atoms with Crippen molar-refractivity contribution in [1.82, 2.24) is 4.90 Å². The number of carboxylic acids is 1. The Kier molecular flexibility index (Phi) is 4.67. The largest absolute Gasteiger partial charge is 0.481 e. The van der Waals surface area contributed by atoms with E-state index >= 15 is 0 Å². The minimum absolute atomic E-state index is 0.239. The highest BCUT2D eigenvalue weighted by Crippen LogP contribution is 2.20. The molecular weight excluding hydrogens is 270 g/mol. The molecule has 2 rings (SSSR count). The number of hydrogen-bond acceptors (Lipinski definition) is 3. The molecule has 1 atom stereocenters. The summed E-state index contributed by atoms with van der Waals surface area (Å²) in [5.41, 5.74) is 1.71. The molecule has 2 N–H and O–H groups in total. The molecule has 0 radical (unpaired) electrons. The van der Waals surface area contributed by atoms with E-state index in [1.165, 1.54) is 0 Å². The van der Waals surface area contributed by atoms with Crippen molar-refractivity contribution in [2.75, 3.05) is 37.4 Å². The van der Waals surface area contributed by atoms with Crippen molar-refractivity contribution in [2.24, 2.45) is 5.92 Å². The van der Waals surface area contributed by atoms with Crippen molar-refractivity contribution in [1.29, 1.82) is 0 Å². The molecule has 1 saturated heterocycles. The van der Waals surface area contributed by atoms with Crippen LogP contribution in [0.15, 0.2) is 24.3 Å². The number of amides is 2. The van der Waals surface area contributed by atoms with Crippen LogP contribution in [-0.2, 0) is 4.79 Å². The van der Waals surface area contributed by atoms with Crippen LogP contribution >= 0.6 is 0 Å². The number of benzene rings is 1. The second-order valence-corrected chi connectivity index (χ2v) is 5.50. The summed E-state index contributed by atoms with van der Waals surface area (Å²) in [7, 11) is 3.87. The summed E-state index contributed by atoms with van der Waals surface area (Å²) in [5, 5.41) is 11.9. The lowest BCUT2D eigenvalue weighted by Gasteiger charge is -2.30. The first-order valence-corrected chi connectivity index (χ1v) is 7.03. The van der Waals surface area contributed by atoms with Gasteiger partial charge in [-0.3, -0.25) is 4.79 Å². The van der Waals surface area contributed by atoms with Crippen molar-refractivity contribution >= 4 is 23.4 Å². The fraction of sp³-hybridized carbons (Fsp3) is 0.467. The van der Waals surface area contributed by atoms with Gasteiger partial charge in [0.05, 0.1) is 5.92 Å². The molecule has 0 saturated carbocycles. The highest BCUT2D eigenvalue weighted by Gasteiger charge is 2.28. The number of urea groups is 1. The maximum Gasteiger partial charge on any atom is 0.321 e. The first-order chi connectivity index (χ1) is 9.97. The van der Waals surface area contributed by atoms with Gasteiger partial charge in [-0.15, -0.1) is 0 Å². The third-order valence-electron chi connectivity index (χ3n) is 3.67. The van der Waals surface area contributed by atoms with Gasteiger partial charge >= 0.3 is 12.0 Å². The van der Waals surface area contributed by atoms with E-state index < -0.39 is 11.9 Å². The number of likely N-dealkylation sites (tertiary alicyclic amines) is 1. The highest BCUT2D eigenvalue weighted by molar-refractivity contribution is 5.90. The number of hydrogen-bond donors (Lipinski definition) is 2. The molecule has 0 aliphatic carbocycles. The van der Waals surface area contributed by atoms with Gasteiger partial charge in [-0.05, 0) is 31.0 Å². The second kappa shape index (κ2) is 6.47. The molecule has 1 aromatic carbocycles. The average molecular weight is 291 g/mol. The van der Waals surface area contributed by atoms with E-state index in [4.69, 9.17) is 5.11 Å². The third-order valence-corrected chi connectivity index (χ3v) is 3.67. The Morgan fingerprint density at radius 2 is 2.14 bits per heavy atom. The summed E-state index contributed by atoms with van der Waals surface area (Å²) in [6.45, 7) is 0.873. The molecular formula is C15H21N3O3. The van der Waals surface area contributed by atoms with Gasteiger partial charge in [-0.25, -0.2) is 4.79 Å². The Hall–Kier alpha value is -2.24.